The molecule has 0 saturated heterocycles. The maximum absolute atomic E-state index is 10.5. The van der Waals surface area contributed by atoms with Gasteiger partial charge in [-0.05, 0) is 12.8 Å². The highest BCUT2D eigenvalue weighted by Gasteiger charge is 2.09. The molecular formula is C6H12BrClO2S. The maximum Gasteiger partial charge on any atom is 0.232 e. The molecule has 0 aliphatic rings. The van der Waals surface area contributed by atoms with Crippen LogP contribution < -0.4 is 0 Å². The monoisotopic (exact) mass is 262 g/mol. The van der Waals surface area contributed by atoms with Gasteiger partial charge in [0, 0.05) is 15.5 Å². The maximum atomic E-state index is 10.5. The molecule has 0 radical (unpaired) electrons. The molecule has 0 aromatic rings. The van der Waals surface area contributed by atoms with Crippen molar-refractivity contribution in [2.24, 2.45) is 0 Å². The van der Waals surface area contributed by atoms with E-state index in [4.69, 9.17) is 10.7 Å². The second-order valence-electron chi connectivity index (χ2n) is 2.42. The van der Waals surface area contributed by atoms with Crippen LogP contribution in [0, 0.1) is 0 Å². The Hall–Kier alpha value is 0.720. The lowest BCUT2D eigenvalue weighted by Gasteiger charge is -2.04. The Labute approximate surface area is 80.9 Å². The molecule has 1 atom stereocenters. The molecule has 0 aromatic carbocycles. The van der Waals surface area contributed by atoms with Gasteiger partial charge in [-0.25, -0.2) is 8.42 Å². The molecule has 0 aliphatic heterocycles. The summed E-state index contributed by atoms with van der Waals surface area (Å²) in [6.45, 7) is 2.06. The Morgan fingerprint density at radius 3 is 2.36 bits per heavy atom. The largest absolute Gasteiger partial charge is 0.232 e. The van der Waals surface area contributed by atoms with E-state index in [1.807, 2.05) is 0 Å². The van der Waals surface area contributed by atoms with E-state index in [0.29, 0.717) is 6.42 Å². The average Bonchev–Trinajstić information content (AvgIpc) is 1.83. The summed E-state index contributed by atoms with van der Waals surface area (Å²) in [5, 5.41) is 0. The predicted molar refractivity (Wildman–Crippen MR) is 51.9 cm³/mol. The summed E-state index contributed by atoms with van der Waals surface area (Å²) in [5.74, 6) is 0.0600. The van der Waals surface area contributed by atoms with Crippen LogP contribution in [0.5, 0.6) is 0 Å². The zero-order valence-electron chi connectivity index (χ0n) is 6.39. The summed E-state index contributed by atoms with van der Waals surface area (Å²) in [5.41, 5.74) is 0. The molecule has 0 aromatic heterocycles. The Bertz CT molecular complexity index is 191. The van der Waals surface area contributed by atoms with Gasteiger partial charge in [-0.2, -0.15) is 0 Å². The minimum atomic E-state index is -3.30. The van der Waals surface area contributed by atoms with Gasteiger partial charge in [0.05, 0.1) is 5.75 Å². The zero-order valence-corrected chi connectivity index (χ0v) is 9.54. The number of rotatable bonds is 5. The molecule has 0 N–H and O–H groups in total. The van der Waals surface area contributed by atoms with Crippen molar-refractivity contribution in [2.45, 2.75) is 31.0 Å². The van der Waals surface area contributed by atoms with Gasteiger partial charge >= 0.3 is 0 Å². The quantitative estimate of drug-likeness (QED) is 0.564. The molecule has 5 heteroatoms. The second-order valence-corrected chi connectivity index (χ2v) is 6.61. The number of hydrogen-bond donors (Lipinski definition) is 0. The van der Waals surface area contributed by atoms with Gasteiger partial charge in [0.25, 0.3) is 0 Å². The zero-order chi connectivity index (χ0) is 8.91. The van der Waals surface area contributed by atoms with E-state index in [9.17, 15) is 8.42 Å². The first-order chi connectivity index (χ1) is 4.95. The van der Waals surface area contributed by atoms with E-state index in [0.717, 1.165) is 12.8 Å². The highest BCUT2D eigenvalue weighted by Crippen LogP contribution is 2.14. The Morgan fingerprint density at radius 2 is 2.00 bits per heavy atom. The smallest absolute Gasteiger partial charge is 0.212 e. The minimum Gasteiger partial charge on any atom is -0.212 e. The van der Waals surface area contributed by atoms with Crippen molar-refractivity contribution >= 4 is 35.7 Å². The van der Waals surface area contributed by atoms with Crippen LogP contribution >= 0.6 is 26.6 Å². The molecular weight excluding hydrogens is 251 g/mol. The molecule has 1 unspecified atom stereocenters. The van der Waals surface area contributed by atoms with E-state index >= 15 is 0 Å². The fourth-order valence-corrected chi connectivity index (χ4v) is 2.55. The molecule has 2 nitrogen and oxygen atoms in total. The Kier molecular flexibility index (Phi) is 5.73. The number of halogens is 2. The molecule has 0 amide bonds. The van der Waals surface area contributed by atoms with E-state index in [1.54, 1.807) is 0 Å². The first-order valence-electron chi connectivity index (χ1n) is 3.52. The van der Waals surface area contributed by atoms with Crippen LogP contribution in [0.2, 0.25) is 0 Å². The molecule has 68 valence electrons. The van der Waals surface area contributed by atoms with Crippen LogP contribution in [-0.2, 0) is 9.05 Å². The van der Waals surface area contributed by atoms with Crippen molar-refractivity contribution in [3.05, 3.63) is 0 Å². The summed E-state index contributed by atoms with van der Waals surface area (Å²) in [4.78, 5) is 0.279. The Balaban J connectivity index is 3.54. The summed E-state index contributed by atoms with van der Waals surface area (Å²) >= 11 is 3.37. The molecule has 0 heterocycles. The van der Waals surface area contributed by atoms with Crippen molar-refractivity contribution in [3.63, 3.8) is 0 Å². The molecule has 0 fully saturated rings. The van der Waals surface area contributed by atoms with Crippen molar-refractivity contribution in [1.82, 2.24) is 0 Å². The molecule has 0 saturated carbocycles. The molecule has 0 spiro atoms. The van der Waals surface area contributed by atoms with Crippen LogP contribution in [0.1, 0.15) is 26.2 Å². The van der Waals surface area contributed by atoms with Gasteiger partial charge in [-0.1, -0.05) is 29.3 Å². The summed E-state index contributed by atoms with van der Waals surface area (Å²) < 4.78 is 21.0. The van der Waals surface area contributed by atoms with Crippen LogP contribution in [-0.4, -0.2) is 19.0 Å². The molecule has 11 heavy (non-hydrogen) atoms. The van der Waals surface area contributed by atoms with E-state index < -0.39 is 9.05 Å². The fraction of sp³-hybridized carbons (Fsp3) is 1.00. The third-order valence-electron chi connectivity index (χ3n) is 1.28. The van der Waals surface area contributed by atoms with E-state index in [1.165, 1.54) is 0 Å². The van der Waals surface area contributed by atoms with Crippen molar-refractivity contribution < 1.29 is 8.42 Å². The number of alkyl halides is 1. The van der Waals surface area contributed by atoms with Gasteiger partial charge in [0.1, 0.15) is 0 Å². The SMILES string of the molecule is CCCC(Br)CCS(=O)(=O)Cl. The minimum absolute atomic E-state index is 0.0600. The third kappa shape index (κ3) is 8.63. The highest BCUT2D eigenvalue weighted by molar-refractivity contribution is 9.09. The molecule has 0 rings (SSSR count). The second kappa shape index (κ2) is 5.38. The molecule has 0 aliphatic carbocycles. The average molecular weight is 264 g/mol. The van der Waals surface area contributed by atoms with Crippen molar-refractivity contribution in [2.75, 3.05) is 5.75 Å². The summed E-state index contributed by atoms with van der Waals surface area (Å²) in [6, 6.07) is 0. The first-order valence-corrected chi connectivity index (χ1v) is 6.91. The Morgan fingerprint density at radius 1 is 1.45 bits per heavy atom. The fourth-order valence-electron chi connectivity index (χ4n) is 0.726. The van der Waals surface area contributed by atoms with Crippen LogP contribution in [0.4, 0.5) is 0 Å². The van der Waals surface area contributed by atoms with Gasteiger partial charge in [0.2, 0.25) is 9.05 Å². The van der Waals surface area contributed by atoms with Crippen molar-refractivity contribution in [1.29, 1.82) is 0 Å². The standard InChI is InChI=1S/C6H12BrClO2S/c1-2-3-6(7)4-5-11(8,9)10/h6H,2-5H2,1H3. The van der Waals surface area contributed by atoms with Gasteiger partial charge in [-0.3, -0.25) is 0 Å². The number of hydrogen-bond acceptors (Lipinski definition) is 2. The first kappa shape index (κ1) is 11.7. The van der Waals surface area contributed by atoms with Gasteiger partial charge in [0.15, 0.2) is 0 Å². The molecule has 0 bridgehead atoms. The summed E-state index contributed by atoms with van der Waals surface area (Å²) in [6.07, 6.45) is 2.64. The predicted octanol–water partition coefficient (Wildman–Crippen LogP) is 2.51. The van der Waals surface area contributed by atoms with Crippen LogP contribution in [0.3, 0.4) is 0 Å². The summed E-state index contributed by atoms with van der Waals surface area (Å²) in [7, 11) is 1.73. The lowest BCUT2D eigenvalue weighted by Crippen LogP contribution is -2.05. The topological polar surface area (TPSA) is 34.1 Å². The lowest BCUT2D eigenvalue weighted by molar-refractivity contribution is 0.604. The van der Waals surface area contributed by atoms with Crippen molar-refractivity contribution in [3.8, 4) is 0 Å². The van der Waals surface area contributed by atoms with E-state index in [2.05, 4.69) is 22.9 Å². The van der Waals surface area contributed by atoms with Gasteiger partial charge in [-0.15, -0.1) is 0 Å². The van der Waals surface area contributed by atoms with Crippen LogP contribution in [0.25, 0.3) is 0 Å². The normalized spacial score (nSPS) is 14.8. The van der Waals surface area contributed by atoms with Crippen LogP contribution in [0.15, 0.2) is 0 Å². The van der Waals surface area contributed by atoms with Gasteiger partial charge < -0.3 is 0 Å². The van der Waals surface area contributed by atoms with E-state index in [-0.39, 0.29) is 10.6 Å². The highest BCUT2D eigenvalue weighted by atomic mass is 79.9. The third-order valence-corrected chi connectivity index (χ3v) is 3.38. The lowest BCUT2D eigenvalue weighted by atomic mass is 10.2.